The fraction of sp³-hybridized carbons (Fsp3) is 0.913. The van der Waals surface area contributed by atoms with Gasteiger partial charge in [0.05, 0.1) is 19.8 Å². The number of nitrogens with two attached hydrogens (primary N) is 1. The van der Waals surface area contributed by atoms with Crippen molar-refractivity contribution in [2.75, 3.05) is 65.6 Å². The van der Waals surface area contributed by atoms with Crippen LogP contribution in [-0.2, 0) is 9.53 Å². The van der Waals surface area contributed by atoms with E-state index >= 15 is 0 Å². The summed E-state index contributed by atoms with van der Waals surface area (Å²) in [5.74, 6) is 1.52. The lowest BCUT2D eigenvalue weighted by molar-refractivity contribution is -0.123. The van der Waals surface area contributed by atoms with Gasteiger partial charge in [-0.05, 0) is 64.6 Å². The minimum atomic E-state index is -0.136. The first kappa shape index (κ1) is 25.9. The van der Waals surface area contributed by atoms with Gasteiger partial charge in [0.15, 0.2) is 5.96 Å². The van der Waals surface area contributed by atoms with E-state index in [1.54, 1.807) is 0 Å². The molecular weight excluding hydrogens is 392 g/mol. The van der Waals surface area contributed by atoms with E-state index < -0.39 is 0 Å². The van der Waals surface area contributed by atoms with Crippen LogP contribution in [0.5, 0.6) is 0 Å². The molecule has 2 heterocycles. The van der Waals surface area contributed by atoms with E-state index in [1.807, 2.05) is 0 Å². The van der Waals surface area contributed by atoms with E-state index in [1.165, 1.54) is 0 Å². The van der Waals surface area contributed by atoms with Crippen LogP contribution >= 0.6 is 0 Å². The molecule has 0 aromatic rings. The molecule has 0 bridgehead atoms. The monoisotopic (exact) mass is 438 g/mol. The van der Waals surface area contributed by atoms with Gasteiger partial charge in [-0.15, -0.1) is 0 Å². The van der Waals surface area contributed by atoms with Crippen molar-refractivity contribution in [3.05, 3.63) is 0 Å². The molecule has 2 rings (SSSR count). The molecule has 0 aromatic carbocycles. The molecule has 8 heteroatoms. The Morgan fingerprint density at radius 1 is 1.13 bits per heavy atom. The Kier molecular flexibility index (Phi) is 12.2. The second kappa shape index (κ2) is 14.6. The van der Waals surface area contributed by atoms with Crippen LogP contribution in [0.3, 0.4) is 0 Å². The molecule has 31 heavy (non-hydrogen) atoms. The van der Waals surface area contributed by atoms with E-state index in [2.05, 4.69) is 41.2 Å². The molecule has 0 saturated carbocycles. The van der Waals surface area contributed by atoms with Gasteiger partial charge in [-0.3, -0.25) is 14.7 Å². The number of hydrogen-bond donors (Lipinski definition) is 3. The Hall–Kier alpha value is -1.38. The predicted molar refractivity (Wildman–Crippen MR) is 127 cm³/mol. The Balaban J connectivity index is 1.70. The maximum absolute atomic E-state index is 11.3. The van der Waals surface area contributed by atoms with Crippen molar-refractivity contribution in [2.45, 2.75) is 58.9 Å². The lowest BCUT2D eigenvalue weighted by Gasteiger charge is -2.34. The predicted octanol–water partition coefficient (Wildman–Crippen LogP) is 1.27. The number of carbonyl (C=O) groups excluding carboxylic acids is 1. The number of amides is 1. The summed E-state index contributed by atoms with van der Waals surface area (Å²) in [5, 5.41) is 6.90. The Morgan fingerprint density at radius 3 is 2.45 bits per heavy atom. The number of likely N-dealkylation sites (tertiary alicyclic amines) is 1. The highest BCUT2D eigenvalue weighted by atomic mass is 16.5. The highest BCUT2D eigenvalue weighted by Crippen LogP contribution is 2.17. The first-order valence-corrected chi connectivity index (χ1v) is 12.3. The van der Waals surface area contributed by atoms with Gasteiger partial charge < -0.3 is 26.0 Å². The summed E-state index contributed by atoms with van der Waals surface area (Å²) in [6.07, 6.45) is 5.24. The number of nitrogens with one attached hydrogen (secondary N) is 2. The number of primary amides is 1. The summed E-state index contributed by atoms with van der Waals surface area (Å²) in [6, 6.07) is 0.475. The van der Waals surface area contributed by atoms with Crippen LogP contribution in [0.25, 0.3) is 0 Å². The van der Waals surface area contributed by atoms with Gasteiger partial charge in [-0.25, -0.2) is 0 Å². The van der Waals surface area contributed by atoms with Crippen molar-refractivity contribution in [1.82, 2.24) is 20.4 Å². The van der Waals surface area contributed by atoms with Crippen molar-refractivity contribution >= 4 is 11.9 Å². The van der Waals surface area contributed by atoms with Gasteiger partial charge in [-0.2, -0.15) is 0 Å². The smallest absolute Gasteiger partial charge is 0.220 e. The third-order valence-electron chi connectivity index (χ3n) is 6.29. The molecule has 2 aliphatic heterocycles. The number of ether oxygens (including phenoxy) is 1. The maximum Gasteiger partial charge on any atom is 0.220 e. The first-order valence-electron chi connectivity index (χ1n) is 12.3. The number of aliphatic imine (C=N–C) groups is 1. The Bertz CT molecular complexity index is 528. The molecule has 2 saturated heterocycles. The van der Waals surface area contributed by atoms with Crippen LogP contribution in [-0.4, -0.2) is 93.3 Å². The topological polar surface area (TPSA) is 95.2 Å². The van der Waals surface area contributed by atoms with Crippen LogP contribution in [0.1, 0.15) is 52.9 Å². The van der Waals surface area contributed by atoms with E-state index in [9.17, 15) is 4.79 Å². The van der Waals surface area contributed by atoms with Gasteiger partial charge in [0.25, 0.3) is 0 Å². The van der Waals surface area contributed by atoms with E-state index in [0.717, 1.165) is 104 Å². The number of unbranched alkanes of at least 4 members (excludes halogenated alkanes) is 1. The molecule has 0 spiro atoms. The normalized spacial score (nSPS) is 20.7. The van der Waals surface area contributed by atoms with Gasteiger partial charge in [0, 0.05) is 38.1 Å². The second-order valence-electron chi connectivity index (χ2n) is 9.30. The fourth-order valence-electron chi connectivity index (χ4n) is 4.47. The number of rotatable bonds is 12. The molecule has 4 N–H and O–H groups in total. The number of guanidine groups is 1. The molecule has 0 aromatic heterocycles. The van der Waals surface area contributed by atoms with Gasteiger partial charge >= 0.3 is 0 Å². The van der Waals surface area contributed by atoms with Crippen LogP contribution in [0, 0.1) is 11.8 Å². The second-order valence-corrected chi connectivity index (χ2v) is 9.30. The van der Waals surface area contributed by atoms with E-state index in [0.29, 0.717) is 12.0 Å². The molecule has 1 unspecified atom stereocenters. The average molecular weight is 439 g/mol. The minimum Gasteiger partial charge on any atom is -0.379 e. The average Bonchev–Trinajstić information content (AvgIpc) is 2.76. The summed E-state index contributed by atoms with van der Waals surface area (Å²) in [6.45, 7) is 16.1. The lowest BCUT2D eigenvalue weighted by atomic mass is 9.96. The van der Waals surface area contributed by atoms with Crippen molar-refractivity contribution in [3.8, 4) is 0 Å². The highest BCUT2D eigenvalue weighted by molar-refractivity contribution is 5.79. The fourth-order valence-corrected chi connectivity index (χ4v) is 4.47. The summed E-state index contributed by atoms with van der Waals surface area (Å²) in [5.41, 5.74) is 5.42. The third kappa shape index (κ3) is 10.2. The van der Waals surface area contributed by atoms with Crippen LogP contribution in [0.15, 0.2) is 4.99 Å². The van der Waals surface area contributed by atoms with E-state index in [4.69, 9.17) is 15.5 Å². The van der Waals surface area contributed by atoms with Crippen LogP contribution < -0.4 is 16.4 Å². The van der Waals surface area contributed by atoms with Crippen LogP contribution in [0.4, 0.5) is 0 Å². The summed E-state index contributed by atoms with van der Waals surface area (Å²) in [7, 11) is 0. The summed E-state index contributed by atoms with van der Waals surface area (Å²) < 4.78 is 5.53. The highest BCUT2D eigenvalue weighted by Gasteiger charge is 2.23. The van der Waals surface area contributed by atoms with Crippen molar-refractivity contribution in [1.29, 1.82) is 0 Å². The van der Waals surface area contributed by atoms with Gasteiger partial charge in [0.2, 0.25) is 5.91 Å². The largest absolute Gasteiger partial charge is 0.379 e. The number of carbonyl (C=O) groups is 1. The summed E-state index contributed by atoms with van der Waals surface area (Å²) >= 11 is 0. The Morgan fingerprint density at radius 2 is 1.84 bits per heavy atom. The lowest BCUT2D eigenvalue weighted by Crippen LogP contribution is -2.46. The minimum absolute atomic E-state index is 0.0776. The molecule has 0 aliphatic carbocycles. The first-order chi connectivity index (χ1) is 15.0. The van der Waals surface area contributed by atoms with Crippen molar-refractivity contribution in [3.63, 3.8) is 0 Å². The molecule has 8 nitrogen and oxygen atoms in total. The number of piperidine rings is 1. The van der Waals surface area contributed by atoms with Gasteiger partial charge in [-0.1, -0.05) is 13.8 Å². The van der Waals surface area contributed by atoms with Crippen molar-refractivity contribution in [2.24, 2.45) is 22.6 Å². The third-order valence-corrected chi connectivity index (χ3v) is 6.29. The number of nitrogens with zero attached hydrogens (tertiary/aromatic N) is 3. The van der Waals surface area contributed by atoms with E-state index in [-0.39, 0.29) is 11.8 Å². The molecule has 1 atom stereocenters. The van der Waals surface area contributed by atoms with Gasteiger partial charge in [0.1, 0.15) is 0 Å². The van der Waals surface area contributed by atoms with Crippen LogP contribution in [0.2, 0.25) is 0 Å². The molecular formula is C23H46N6O2. The molecule has 2 aliphatic rings. The molecule has 1 amide bonds. The standard InChI is InChI=1S/C23H46N6O2/c1-4-25-23(27-18-21(17-19(2)3)29-13-15-31-16-14-29)26-9-5-6-10-28-11-7-20(8-12-28)22(24)30/h19-21H,4-18H2,1-3H3,(H2,24,30)(H2,25,26,27). The molecule has 2 fully saturated rings. The Labute approximate surface area is 189 Å². The number of morpholine rings is 1. The van der Waals surface area contributed by atoms with Crippen molar-refractivity contribution < 1.29 is 9.53 Å². The molecule has 0 radical (unpaired) electrons. The quantitative estimate of drug-likeness (QED) is 0.241. The zero-order chi connectivity index (χ0) is 22.5. The SMILES string of the molecule is CCNC(=NCC(CC(C)C)N1CCOCC1)NCCCCN1CCC(C(N)=O)CC1. The maximum atomic E-state index is 11.3. The zero-order valence-corrected chi connectivity index (χ0v) is 20.1. The summed E-state index contributed by atoms with van der Waals surface area (Å²) in [4.78, 5) is 21.2. The molecule has 180 valence electrons. The zero-order valence-electron chi connectivity index (χ0n) is 20.1. The number of hydrogen-bond acceptors (Lipinski definition) is 5.